The lowest BCUT2D eigenvalue weighted by atomic mass is 9.63. The number of aliphatic imine (C=N–C) groups is 1. The van der Waals surface area contributed by atoms with Crippen LogP contribution < -0.4 is 9.64 Å². The molecule has 0 radical (unpaired) electrons. The average Bonchev–Trinajstić information content (AvgIpc) is 3.36. The molecule has 0 aromatic carbocycles. The molecule has 0 amide bonds. The Morgan fingerprint density at radius 3 is 2.51 bits per heavy atom. The monoisotopic (exact) mass is 546 g/mol. The first-order valence-corrected chi connectivity index (χ1v) is 11.9. The molecule has 0 spiro atoms. The number of rotatable bonds is 5. The van der Waals surface area contributed by atoms with Gasteiger partial charge in [0.1, 0.15) is 10.8 Å². The number of halogens is 7. The third-order valence-corrected chi connectivity index (χ3v) is 6.90. The van der Waals surface area contributed by atoms with E-state index >= 15 is 0 Å². The van der Waals surface area contributed by atoms with E-state index in [4.69, 9.17) is 16.3 Å². The number of aromatic nitrogens is 4. The van der Waals surface area contributed by atoms with Crippen LogP contribution in [-0.4, -0.2) is 51.2 Å². The molecule has 2 aliphatic rings. The summed E-state index contributed by atoms with van der Waals surface area (Å²) in [7, 11) is 0. The largest absolute Gasteiger partial charge is 0.480 e. The first-order valence-electron chi connectivity index (χ1n) is 11.5. The van der Waals surface area contributed by atoms with E-state index in [-0.39, 0.29) is 23.7 Å². The fourth-order valence-electron chi connectivity index (χ4n) is 5.19. The minimum absolute atomic E-state index is 0.0341. The van der Waals surface area contributed by atoms with E-state index in [1.54, 1.807) is 6.07 Å². The van der Waals surface area contributed by atoms with Gasteiger partial charge in [-0.1, -0.05) is 18.5 Å². The zero-order valence-corrected chi connectivity index (χ0v) is 20.4. The zero-order chi connectivity index (χ0) is 26.7. The van der Waals surface area contributed by atoms with E-state index in [2.05, 4.69) is 25.0 Å². The Balaban J connectivity index is 1.48. The highest BCUT2D eigenvalue weighted by Crippen LogP contribution is 2.47. The number of anilines is 1. The quantitative estimate of drug-likeness (QED) is 0.294. The van der Waals surface area contributed by atoms with Crippen molar-refractivity contribution < 1.29 is 31.1 Å². The van der Waals surface area contributed by atoms with Crippen LogP contribution in [0.15, 0.2) is 29.3 Å². The number of aryl methyl sites for hydroxylation is 1. The highest BCUT2D eigenvalue weighted by molar-refractivity contribution is 6.29. The predicted octanol–water partition coefficient (Wildman–Crippen LogP) is 5.91. The standard InChI is InChI=1S/C23H21ClF6N6O/c1-3-13-14-8-35(12-6-11(2)31-18(24)7-12)9-15(14)19(13)32-21-33-20-16(37-10-22(25,26)27)4-5-17(23(28,29)30)36(20)34-21/h4-7,13-15H,3,8-10H2,1-2H3/t13-,14?,15-/m1/s1. The SMILES string of the molecule is CC[C@H]1C(=Nc2nc3c(OCC(F)(F)F)ccc(C(F)(F)F)n3n2)[C@@H]2CN(c3cc(C)nc(Cl)c3)CC12. The van der Waals surface area contributed by atoms with Crippen molar-refractivity contribution in [3.05, 3.63) is 40.8 Å². The summed E-state index contributed by atoms with van der Waals surface area (Å²) in [5, 5.41) is 4.27. The zero-order valence-electron chi connectivity index (χ0n) is 19.6. The van der Waals surface area contributed by atoms with Gasteiger partial charge in [0.05, 0.1) is 0 Å². The second-order valence-electron chi connectivity index (χ2n) is 9.15. The summed E-state index contributed by atoms with van der Waals surface area (Å²) in [6.45, 7) is 3.54. The molecule has 3 aromatic rings. The lowest BCUT2D eigenvalue weighted by molar-refractivity contribution is -0.153. The van der Waals surface area contributed by atoms with E-state index in [1.165, 1.54) is 0 Å². The van der Waals surface area contributed by atoms with Gasteiger partial charge < -0.3 is 9.64 Å². The van der Waals surface area contributed by atoms with Gasteiger partial charge in [-0.05, 0) is 43.5 Å². The highest BCUT2D eigenvalue weighted by Gasteiger charge is 2.51. The van der Waals surface area contributed by atoms with Crippen molar-refractivity contribution in [2.24, 2.45) is 22.7 Å². The van der Waals surface area contributed by atoms with E-state index in [9.17, 15) is 26.3 Å². The minimum atomic E-state index is -4.82. The lowest BCUT2D eigenvalue weighted by Crippen LogP contribution is -2.46. The molecule has 3 aromatic heterocycles. The summed E-state index contributed by atoms with van der Waals surface area (Å²) >= 11 is 6.12. The van der Waals surface area contributed by atoms with E-state index in [0.717, 1.165) is 36.1 Å². The van der Waals surface area contributed by atoms with Crippen molar-refractivity contribution in [1.29, 1.82) is 0 Å². The molecule has 1 aliphatic heterocycles. The van der Waals surface area contributed by atoms with Gasteiger partial charge in [-0.25, -0.2) is 14.5 Å². The van der Waals surface area contributed by atoms with Crippen LogP contribution in [0.3, 0.4) is 0 Å². The molecule has 0 N–H and O–H groups in total. The van der Waals surface area contributed by atoms with E-state index in [1.807, 2.05) is 19.9 Å². The van der Waals surface area contributed by atoms with Gasteiger partial charge in [0.2, 0.25) is 0 Å². The normalized spacial score (nSPS) is 23.0. The first-order chi connectivity index (χ1) is 17.3. The lowest BCUT2D eigenvalue weighted by Gasteiger charge is -2.40. The van der Waals surface area contributed by atoms with Crippen LogP contribution in [0, 0.1) is 24.7 Å². The maximum Gasteiger partial charge on any atom is 0.433 e. The molecular weight excluding hydrogens is 526 g/mol. The third kappa shape index (κ3) is 4.92. The van der Waals surface area contributed by atoms with Crippen molar-refractivity contribution in [3.8, 4) is 5.75 Å². The summed E-state index contributed by atoms with van der Waals surface area (Å²) in [5.41, 5.74) is 0.775. The van der Waals surface area contributed by atoms with Crippen LogP contribution in [0.2, 0.25) is 5.15 Å². The van der Waals surface area contributed by atoms with Crippen molar-refractivity contribution in [1.82, 2.24) is 19.6 Å². The van der Waals surface area contributed by atoms with Gasteiger partial charge in [-0.3, -0.25) is 0 Å². The molecule has 1 unspecified atom stereocenters. The number of hydrogen-bond acceptors (Lipinski definition) is 6. The molecule has 2 fully saturated rings. The Morgan fingerprint density at radius 2 is 1.86 bits per heavy atom. The van der Waals surface area contributed by atoms with Crippen molar-refractivity contribution in [2.75, 3.05) is 24.6 Å². The van der Waals surface area contributed by atoms with Crippen LogP contribution in [0.1, 0.15) is 24.7 Å². The minimum Gasteiger partial charge on any atom is -0.480 e. The van der Waals surface area contributed by atoms with Crippen molar-refractivity contribution in [2.45, 2.75) is 32.6 Å². The topological polar surface area (TPSA) is 67.9 Å². The average molecular weight is 547 g/mol. The predicted molar refractivity (Wildman–Crippen MR) is 124 cm³/mol. The molecule has 1 saturated heterocycles. The molecule has 1 aliphatic carbocycles. The van der Waals surface area contributed by atoms with Crippen LogP contribution in [0.4, 0.5) is 38.0 Å². The molecule has 4 heterocycles. The molecule has 3 atom stereocenters. The summed E-state index contributed by atoms with van der Waals surface area (Å²) in [6.07, 6.45) is -8.74. The Kier molecular flexibility index (Phi) is 6.24. The van der Waals surface area contributed by atoms with Gasteiger partial charge in [0, 0.05) is 42.0 Å². The molecular formula is C23H21ClF6N6O. The number of nitrogens with zero attached hydrogens (tertiary/aromatic N) is 6. The number of alkyl halides is 6. The molecule has 37 heavy (non-hydrogen) atoms. The molecule has 198 valence electrons. The number of hydrogen-bond donors (Lipinski definition) is 0. The Labute approximate surface area is 212 Å². The van der Waals surface area contributed by atoms with Gasteiger partial charge >= 0.3 is 12.4 Å². The third-order valence-electron chi connectivity index (χ3n) is 6.70. The Hall–Kier alpha value is -3.09. The van der Waals surface area contributed by atoms with Crippen molar-refractivity contribution in [3.63, 3.8) is 0 Å². The fourth-order valence-corrected chi connectivity index (χ4v) is 5.43. The maximum absolute atomic E-state index is 13.6. The summed E-state index contributed by atoms with van der Waals surface area (Å²) in [4.78, 5) is 14.9. The van der Waals surface area contributed by atoms with Crippen LogP contribution >= 0.6 is 11.6 Å². The van der Waals surface area contributed by atoms with E-state index in [0.29, 0.717) is 22.3 Å². The maximum atomic E-state index is 13.6. The Bertz CT molecular complexity index is 1350. The molecule has 5 rings (SSSR count). The van der Waals surface area contributed by atoms with Crippen LogP contribution in [-0.2, 0) is 6.18 Å². The molecule has 1 saturated carbocycles. The number of ether oxygens (including phenoxy) is 1. The molecule has 14 heteroatoms. The fraction of sp³-hybridized carbons (Fsp3) is 0.478. The number of fused-ring (bicyclic) bond motifs is 2. The second kappa shape index (κ2) is 9.03. The van der Waals surface area contributed by atoms with Crippen molar-refractivity contribution >= 4 is 34.6 Å². The first kappa shape index (κ1) is 25.6. The van der Waals surface area contributed by atoms with E-state index < -0.39 is 36.1 Å². The molecule has 0 bridgehead atoms. The second-order valence-corrected chi connectivity index (χ2v) is 9.54. The van der Waals surface area contributed by atoms with Gasteiger partial charge in [0.15, 0.2) is 18.0 Å². The number of pyridine rings is 2. The smallest absolute Gasteiger partial charge is 0.433 e. The summed E-state index contributed by atoms with van der Waals surface area (Å²) in [6, 6.07) is 5.12. The van der Waals surface area contributed by atoms with Crippen LogP contribution in [0.5, 0.6) is 5.75 Å². The molecule has 7 nitrogen and oxygen atoms in total. The Morgan fingerprint density at radius 1 is 1.11 bits per heavy atom. The highest BCUT2D eigenvalue weighted by atomic mass is 35.5. The van der Waals surface area contributed by atoms with Crippen LogP contribution in [0.25, 0.3) is 5.65 Å². The van der Waals surface area contributed by atoms with Gasteiger partial charge in [-0.15, -0.1) is 5.10 Å². The summed E-state index contributed by atoms with van der Waals surface area (Å²) in [5.74, 6) is -0.346. The summed E-state index contributed by atoms with van der Waals surface area (Å²) < 4.78 is 83.8. The van der Waals surface area contributed by atoms with Gasteiger partial charge in [-0.2, -0.15) is 31.3 Å². The van der Waals surface area contributed by atoms with Gasteiger partial charge in [0.25, 0.3) is 5.95 Å².